The van der Waals surface area contributed by atoms with Gasteiger partial charge in [0, 0.05) is 5.69 Å². The number of terminal acetylenes is 1. The van der Waals surface area contributed by atoms with Crippen molar-refractivity contribution in [3.05, 3.63) is 58.5 Å². The molecule has 1 fully saturated rings. The number of amides is 3. The van der Waals surface area contributed by atoms with Crippen LogP contribution < -0.4 is 14.8 Å². The molecule has 0 unspecified atom stereocenters. The van der Waals surface area contributed by atoms with Gasteiger partial charge < -0.3 is 14.8 Å². The van der Waals surface area contributed by atoms with E-state index in [9.17, 15) is 14.4 Å². The van der Waals surface area contributed by atoms with Crippen LogP contribution in [0.25, 0.3) is 6.08 Å². The summed E-state index contributed by atoms with van der Waals surface area (Å²) in [4.78, 5) is 38.4. The Hall–Kier alpha value is -3.70. The fraction of sp³-hybridized carbons (Fsp3) is 0.174. The van der Waals surface area contributed by atoms with Gasteiger partial charge in [-0.05, 0) is 60.2 Å². The van der Waals surface area contributed by atoms with E-state index < -0.39 is 17.1 Å². The maximum Gasteiger partial charge on any atom is 0.294 e. The highest BCUT2D eigenvalue weighted by Gasteiger charge is 2.36. The van der Waals surface area contributed by atoms with E-state index in [2.05, 4.69) is 11.2 Å². The molecular weight excluding hydrogens is 416 g/mol. The SMILES string of the molecule is C#CCOc1ccc(/C=C2\SC(=O)N(CC(=O)Nc3cccc(C)c3)C2=O)cc1OC. The smallest absolute Gasteiger partial charge is 0.294 e. The molecule has 3 rings (SSSR count). The molecule has 0 radical (unpaired) electrons. The van der Waals surface area contributed by atoms with Gasteiger partial charge in [0.25, 0.3) is 11.1 Å². The van der Waals surface area contributed by atoms with Crippen LogP contribution in [-0.4, -0.2) is 42.2 Å². The quantitative estimate of drug-likeness (QED) is 0.526. The van der Waals surface area contributed by atoms with Gasteiger partial charge in [-0.25, -0.2) is 0 Å². The van der Waals surface area contributed by atoms with E-state index in [1.807, 2.05) is 19.1 Å². The van der Waals surface area contributed by atoms with Crippen molar-refractivity contribution in [2.24, 2.45) is 0 Å². The molecule has 1 N–H and O–H groups in total. The molecule has 0 aromatic heterocycles. The van der Waals surface area contributed by atoms with E-state index in [0.717, 1.165) is 22.2 Å². The number of thioether (sulfide) groups is 1. The minimum atomic E-state index is -0.527. The van der Waals surface area contributed by atoms with Crippen LogP contribution in [0.2, 0.25) is 0 Å². The third kappa shape index (κ3) is 5.47. The van der Waals surface area contributed by atoms with E-state index in [0.29, 0.717) is 22.7 Å². The number of benzene rings is 2. The van der Waals surface area contributed by atoms with E-state index >= 15 is 0 Å². The second kappa shape index (κ2) is 9.87. The zero-order valence-corrected chi connectivity index (χ0v) is 17.8. The van der Waals surface area contributed by atoms with Crippen molar-refractivity contribution < 1.29 is 23.9 Å². The molecule has 7 nitrogen and oxygen atoms in total. The van der Waals surface area contributed by atoms with Gasteiger partial charge in [0.2, 0.25) is 5.91 Å². The second-order valence-corrected chi connectivity index (χ2v) is 7.58. The number of nitrogens with one attached hydrogen (secondary N) is 1. The minimum Gasteiger partial charge on any atom is -0.493 e. The Kier molecular flexibility index (Phi) is 7.00. The summed E-state index contributed by atoms with van der Waals surface area (Å²) in [7, 11) is 1.49. The molecule has 1 aliphatic rings. The fourth-order valence-corrected chi connectivity index (χ4v) is 3.71. The van der Waals surface area contributed by atoms with Crippen molar-refractivity contribution in [1.82, 2.24) is 4.90 Å². The molecule has 31 heavy (non-hydrogen) atoms. The predicted molar refractivity (Wildman–Crippen MR) is 120 cm³/mol. The monoisotopic (exact) mass is 436 g/mol. The van der Waals surface area contributed by atoms with Gasteiger partial charge in [0.15, 0.2) is 11.5 Å². The fourth-order valence-electron chi connectivity index (χ4n) is 2.87. The van der Waals surface area contributed by atoms with Crippen LogP contribution in [-0.2, 0) is 9.59 Å². The van der Waals surface area contributed by atoms with E-state index in [-0.39, 0.29) is 18.1 Å². The Morgan fingerprint density at radius 3 is 2.74 bits per heavy atom. The van der Waals surface area contributed by atoms with Crippen molar-refractivity contribution in [2.45, 2.75) is 6.92 Å². The Balaban J connectivity index is 1.71. The van der Waals surface area contributed by atoms with Gasteiger partial charge in [-0.3, -0.25) is 19.3 Å². The third-order valence-electron chi connectivity index (χ3n) is 4.27. The number of methoxy groups -OCH3 is 1. The lowest BCUT2D eigenvalue weighted by Gasteiger charge is -2.12. The number of carbonyl (C=O) groups excluding carboxylic acids is 3. The summed E-state index contributed by atoms with van der Waals surface area (Å²) < 4.78 is 10.7. The Morgan fingerprint density at radius 1 is 1.23 bits per heavy atom. The van der Waals surface area contributed by atoms with Crippen molar-refractivity contribution in [2.75, 3.05) is 25.6 Å². The Bertz CT molecular complexity index is 1100. The van der Waals surface area contributed by atoms with Gasteiger partial charge in [-0.2, -0.15) is 0 Å². The number of hydrogen-bond donors (Lipinski definition) is 1. The van der Waals surface area contributed by atoms with E-state index in [1.165, 1.54) is 7.11 Å². The predicted octanol–water partition coefficient (Wildman–Crippen LogP) is 3.69. The Labute approximate surface area is 184 Å². The van der Waals surface area contributed by atoms with Crippen molar-refractivity contribution in [3.63, 3.8) is 0 Å². The lowest BCUT2D eigenvalue weighted by atomic mass is 10.2. The van der Waals surface area contributed by atoms with Crippen LogP contribution in [0, 0.1) is 19.3 Å². The summed E-state index contributed by atoms with van der Waals surface area (Å²) in [5.41, 5.74) is 2.23. The third-order valence-corrected chi connectivity index (χ3v) is 5.18. The first kappa shape index (κ1) is 22.0. The number of anilines is 1. The molecular formula is C23H20N2O5S. The van der Waals surface area contributed by atoms with Gasteiger partial charge in [0.05, 0.1) is 12.0 Å². The van der Waals surface area contributed by atoms with Crippen molar-refractivity contribution in [3.8, 4) is 23.8 Å². The number of ether oxygens (including phenoxy) is 2. The largest absolute Gasteiger partial charge is 0.493 e. The second-order valence-electron chi connectivity index (χ2n) is 6.59. The number of aryl methyl sites for hydroxylation is 1. The first-order valence-corrected chi connectivity index (χ1v) is 10.1. The van der Waals surface area contributed by atoms with Crippen LogP contribution in [0.3, 0.4) is 0 Å². The molecule has 2 aromatic rings. The van der Waals surface area contributed by atoms with Gasteiger partial charge in [-0.15, -0.1) is 6.42 Å². The summed E-state index contributed by atoms with van der Waals surface area (Å²) in [6, 6.07) is 12.3. The number of imide groups is 1. The molecule has 158 valence electrons. The minimum absolute atomic E-state index is 0.0964. The number of nitrogens with zero attached hydrogens (tertiary/aromatic N) is 1. The first-order chi connectivity index (χ1) is 14.9. The molecule has 0 saturated carbocycles. The lowest BCUT2D eigenvalue weighted by molar-refractivity contribution is -0.127. The molecule has 0 bridgehead atoms. The molecule has 0 spiro atoms. The number of hydrogen-bond acceptors (Lipinski definition) is 6. The summed E-state index contributed by atoms with van der Waals surface area (Å²) in [6.45, 7) is 1.64. The number of carbonyl (C=O) groups is 3. The molecule has 0 aliphatic carbocycles. The zero-order chi connectivity index (χ0) is 22.4. The summed E-state index contributed by atoms with van der Waals surface area (Å²) in [5, 5.41) is 2.19. The summed E-state index contributed by atoms with van der Waals surface area (Å²) in [5.74, 6) is 2.31. The maximum absolute atomic E-state index is 12.7. The molecule has 2 aromatic carbocycles. The molecule has 0 atom stereocenters. The maximum atomic E-state index is 12.7. The molecule has 3 amide bonds. The summed E-state index contributed by atoms with van der Waals surface area (Å²) in [6.07, 6.45) is 6.77. The average molecular weight is 436 g/mol. The van der Waals surface area contributed by atoms with Crippen LogP contribution in [0.1, 0.15) is 11.1 Å². The van der Waals surface area contributed by atoms with Crippen LogP contribution in [0.15, 0.2) is 47.4 Å². The van der Waals surface area contributed by atoms with E-state index in [1.54, 1.807) is 36.4 Å². The number of rotatable bonds is 7. The standard InChI is InChI=1S/C23H20N2O5S/c1-4-10-30-18-9-8-16(12-19(18)29-3)13-20-22(27)25(23(28)31-20)14-21(26)24-17-7-5-6-15(2)11-17/h1,5-9,11-13H,10,14H2,2-3H3,(H,24,26)/b20-13-. The van der Waals surface area contributed by atoms with E-state index in [4.69, 9.17) is 15.9 Å². The topological polar surface area (TPSA) is 84.9 Å². The molecule has 1 aliphatic heterocycles. The first-order valence-electron chi connectivity index (χ1n) is 9.27. The van der Waals surface area contributed by atoms with Gasteiger partial charge in [-0.1, -0.05) is 24.1 Å². The van der Waals surface area contributed by atoms with Crippen molar-refractivity contribution in [1.29, 1.82) is 0 Å². The van der Waals surface area contributed by atoms with Crippen LogP contribution in [0.4, 0.5) is 10.5 Å². The average Bonchev–Trinajstić information content (AvgIpc) is 3.00. The highest BCUT2D eigenvalue weighted by molar-refractivity contribution is 8.18. The van der Waals surface area contributed by atoms with Crippen LogP contribution in [0.5, 0.6) is 11.5 Å². The zero-order valence-electron chi connectivity index (χ0n) is 17.0. The highest BCUT2D eigenvalue weighted by Crippen LogP contribution is 2.34. The lowest BCUT2D eigenvalue weighted by Crippen LogP contribution is -2.36. The normalized spacial score (nSPS) is 14.5. The highest BCUT2D eigenvalue weighted by atomic mass is 32.2. The van der Waals surface area contributed by atoms with Gasteiger partial charge in [0.1, 0.15) is 13.2 Å². The molecule has 1 saturated heterocycles. The Morgan fingerprint density at radius 2 is 2.03 bits per heavy atom. The van der Waals surface area contributed by atoms with Crippen LogP contribution >= 0.6 is 11.8 Å². The van der Waals surface area contributed by atoms with Crippen molar-refractivity contribution >= 4 is 40.6 Å². The molecule has 1 heterocycles. The van der Waals surface area contributed by atoms with Gasteiger partial charge >= 0.3 is 0 Å². The molecule has 8 heteroatoms. The summed E-state index contributed by atoms with van der Waals surface area (Å²) >= 11 is 0.779.